The smallest absolute Gasteiger partial charge is 0.301 e. The summed E-state index contributed by atoms with van der Waals surface area (Å²) in [6.07, 6.45) is 1.58. The number of hydrogen-bond donors (Lipinski definition) is 2. The Bertz CT molecular complexity index is 560. The van der Waals surface area contributed by atoms with E-state index in [1.54, 1.807) is 0 Å². The number of aliphatic hydroxyl groups is 1. The van der Waals surface area contributed by atoms with Gasteiger partial charge in [0, 0.05) is 29.7 Å². The molecule has 0 bridgehead atoms. The Balaban J connectivity index is 2.14. The molecule has 1 aromatic carbocycles. The third kappa shape index (κ3) is 3.99. The normalized spacial score (nSPS) is 20.9. The van der Waals surface area contributed by atoms with Crippen molar-refractivity contribution in [2.45, 2.75) is 12.8 Å². The fraction of sp³-hybridized carbons (Fsp3) is 0.500. The first-order chi connectivity index (χ1) is 9.40. The molecule has 0 spiro atoms. The summed E-state index contributed by atoms with van der Waals surface area (Å²) in [5, 5.41) is 9.89. The molecular formula is C12H16Cl2N2O3S. The highest BCUT2D eigenvalue weighted by Gasteiger charge is 2.28. The molecule has 1 atom stereocenters. The van der Waals surface area contributed by atoms with Crippen LogP contribution in [0.25, 0.3) is 0 Å². The molecule has 20 heavy (non-hydrogen) atoms. The summed E-state index contributed by atoms with van der Waals surface area (Å²) in [4.78, 5) is 0. The molecule has 0 saturated carbocycles. The van der Waals surface area contributed by atoms with E-state index in [0.717, 1.165) is 12.8 Å². The lowest BCUT2D eigenvalue weighted by atomic mass is 10.0. The number of nitrogens with zero attached hydrogens (tertiary/aromatic N) is 1. The van der Waals surface area contributed by atoms with Gasteiger partial charge in [-0.05, 0) is 37.0 Å². The molecule has 5 nitrogen and oxygen atoms in total. The maximum Gasteiger partial charge on any atom is 0.301 e. The Hall–Kier alpha value is -0.530. The average Bonchev–Trinajstić information content (AvgIpc) is 2.37. The lowest BCUT2D eigenvalue weighted by molar-refractivity contribution is 0.166. The number of rotatable bonds is 4. The highest BCUT2D eigenvalue weighted by molar-refractivity contribution is 7.90. The second-order valence-corrected chi connectivity index (χ2v) is 7.36. The molecular weight excluding hydrogens is 323 g/mol. The molecule has 8 heteroatoms. The first-order valence-corrected chi connectivity index (χ1v) is 8.45. The third-order valence-electron chi connectivity index (χ3n) is 3.19. The molecule has 112 valence electrons. The van der Waals surface area contributed by atoms with Crippen LogP contribution in [-0.4, -0.2) is 37.5 Å². The Morgan fingerprint density at radius 2 is 1.95 bits per heavy atom. The number of benzene rings is 1. The summed E-state index contributed by atoms with van der Waals surface area (Å²) >= 11 is 11.7. The van der Waals surface area contributed by atoms with E-state index in [-0.39, 0.29) is 12.5 Å². The number of nitrogens with one attached hydrogen (secondary N) is 1. The van der Waals surface area contributed by atoms with Crippen molar-refractivity contribution in [1.82, 2.24) is 4.31 Å². The largest absolute Gasteiger partial charge is 0.396 e. The molecule has 1 aliphatic rings. The molecule has 1 aliphatic heterocycles. The lowest BCUT2D eigenvalue weighted by Gasteiger charge is -2.31. The zero-order valence-corrected chi connectivity index (χ0v) is 13.0. The van der Waals surface area contributed by atoms with Crippen LogP contribution in [0.3, 0.4) is 0 Å². The van der Waals surface area contributed by atoms with Gasteiger partial charge in [0.1, 0.15) is 0 Å². The number of hydrogen-bond acceptors (Lipinski definition) is 3. The third-order valence-corrected chi connectivity index (χ3v) is 5.13. The molecule has 0 aliphatic carbocycles. The molecule has 0 amide bonds. The predicted molar refractivity (Wildman–Crippen MR) is 80.4 cm³/mol. The first kappa shape index (κ1) is 15.9. The number of piperidine rings is 1. The Morgan fingerprint density at radius 3 is 2.55 bits per heavy atom. The van der Waals surface area contributed by atoms with E-state index >= 15 is 0 Å². The Kier molecular flexibility index (Phi) is 5.14. The van der Waals surface area contributed by atoms with Crippen LogP contribution in [0.15, 0.2) is 18.2 Å². The second kappa shape index (κ2) is 6.49. The predicted octanol–water partition coefficient (Wildman–Crippen LogP) is 2.35. The summed E-state index contributed by atoms with van der Waals surface area (Å²) in [5.74, 6) is -0.0109. The van der Waals surface area contributed by atoms with Gasteiger partial charge < -0.3 is 5.11 Å². The quantitative estimate of drug-likeness (QED) is 0.885. The van der Waals surface area contributed by atoms with Gasteiger partial charge in [-0.2, -0.15) is 12.7 Å². The maximum atomic E-state index is 12.3. The van der Waals surface area contributed by atoms with Crippen molar-refractivity contribution in [3.63, 3.8) is 0 Å². The van der Waals surface area contributed by atoms with Crippen LogP contribution in [0, 0.1) is 5.92 Å². The van der Waals surface area contributed by atoms with Gasteiger partial charge in [0.2, 0.25) is 0 Å². The van der Waals surface area contributed by atoms with E-state index in [4.69, 9.17) is 28.3 Å². The fourth-order valence-electron chi connectivity index (χ4n) is 2.22. The average molecular weight is 339 g/mol. The van der Waals surface area contributed by atoms with Crippen molar-refractivity contribution >= 4 is 39.1 Å². The second-order valence-electron chi connectivity index (χ2n) is 4.81. The van der Waals surface area contributed by atoms with Crippen LogP contribution in [0.1, 0.15) is 12.8 Å². The highest BCUT2D eigenvalue weighted by atomic mass is 35.5. The van der Waals surface area contributed by atoms with E-state index in [0.29, 0.717) is 28.8 Å². The van der Waals surface area contributed by atoms with Crippen LogP contribution in [-0.2, 0) is 10.2 Å². The highest BCUT2D eigenvalue weighted by Crippen LogP contribution is 2.25. The standard InChI is InChI=1S/C12H16Cl2N2O3S/c13-10-4-11(14)6-12(5-10)15-20(18,19)16-3-1-2-9(7-16)8-17/h4-6,9,15,17H,1-3,7-8H2. The van der Waals surface area contributed by atoms with Gasteiger partial charge >= 0.3 is 10.2 Å². The Morgan fingerprint density at radius 1 is 1.30 bits per heavy atom. The lowest BCUT2D eigenvalue weighted by Crippen LogP contribution is -2.43. The van der Waals surface area contributed by atoms with Crippen LogP contribution >= 0.6 is 23.2 Å². The van der Waals surface area contributed by atoms with Gasteiger partial charge in [-0.25, -0.2) is 0 Å². The molecule has 1 heterocycles. The number of aliphatic hydroxyl groups excluding tert-OH is 1. The number of halogens is 2. The molecule has 1 saturated heterocycles. The van der Waals surface area contributed by atoms with Crippen molar-refractivity contribution in [2.75, 3.05) is 24.4 Å². The monoisotopic (exact) mass is 338 g/mol. The molecule has 0 aromatic heterocycles. The summed E-state index contributed by atoms with van der Waals surface area (Å²) in [6, 6.07) is 4.53. The Labute approximate surface area is 128 Å². The van der Waals surface area contributed by atoms with Gasteiger partial charge in [-0.1, -0.05) is 23.2 Å². The SMILES string of the molecule is O=S(=O)(Nc1cc(Cl)cc(Cl)c1)N1CCCC(CO)C1. The van der Waals surface area contributed by atoms with Crippen LogP contribution in [0.2, 0.25) is 10.0 Å². The summed E-state index contributed by atoms with van der Waals surface area (Å²) in [7, 11) is -3.66. The fourth-order valence-corrected chi connectivity index (χ4v) is 4.07. The summed E-state index contributed by atoms with van der Waals surface area (Å²) < 4.78 is 28.4. The van der Waals surface area contributed by atoms with Gasteiger partial charge in [0.25, 0.3) is 0 Å². The summed E-state index contributed by atoms with van der Waals surface area (Å²) in [6.45, 7) is 0.759. The van der Waals surface area contributed by atoms with E-state index in [1.165, 1.54) is 22.5 Å². The van der Waals surface area contributed by atoms with Gasteiger partial charge in [-0.3, -0.25) is 4.72 Å². The molecule has 2 rings (SSSR count). The summed E-state index contributed by atoms with van der Waals surface area (Å²) in [5.41, 5.74) is 0.327. The molecule has 2 N–H and O–H groups in total. The van der Waals surface area contributed by atoms with Crippen molar-refractivity contribution < 1.29 is 13.5 Å². The van der Waals surface area contributed by atoms with Crippen molar-refractivity contribution in [1.29, 1.82) is 0 Å². The van der Waals surface area contributed by atoms with Crippen molar-refractivity contribution in [3.05, 3.63) is 28.2 Å². The van der Waals surface area contributed by atoms with E-state index in [9.17, 15) is 8.42 Å². The van der Waals surface area contributed by atoms with E-state index < -0.39 is 10.2 Å². The molecule has 1 aromatic rings. The van der Waals surface area contributed by atoms with Gasteiger partial charge in [0.05, 0.1) is 5.69 Å². The minimum Gasteiger partial charge on any atom is -0.396 e. The number of anilines is 1. The van der Waals surface area contributed by atoms with Crippen molar-refractivity contribution in [2.24, 2.45) is 5.92 Å². The minimum absolute atomic E-state index is 0.00495. The van der Waals surface area contributed by atoms with Crippen LogP contribution in [0.5, 0.6) is 0 Å². The van der Waals surface area contributed by atoms with Gasteiger partial charge in [-0.15, -0.1) is 0 Å². The molecule has 1 unspecified atom stereocenters. The van der Waals surface area contributed by atoms with E-state index in [1.807, 2.05) is 0 Å². The zero-order valence-electron chi connectivity index (χ0n) is 10.7. The molecule has 0 radical (unpaired) electrons. The van der Waals surface area contributed by atoms with Crippen LogP contribution in [0.4, 0.5) is 5.69 Å². The maximum absolute atomic E-state index is 12.3. The van der Waals surface area contributed by atoms with Crippen LogP contribution < -0.4 is 4.72 Å². The topological polar surface area (TPSA) is 69.6 Å². The molecule has 1 fully saturated rings. The van der Waals surface area contributed by atoms with Gasteiger partial charge in [0.15, 0.2) is 0 Å². The first-order valence-electron chi connectivity index (χ1n) is 6.25. The van der Waals surface area contributed by atoms with Crippen molar-refractivity contribution in [3.8, 4) is 0 Å². The van der Waals surface area contributed by atoms with E-state index in [2.05, 4.69) is 4.72 Å². The zero-order chi connectivity index (χ0) is 14.8. The minimum atomic E-state index is -3.66.